The minimum absolute atomic E-state index is 0.0172. The number of hydrogen-bond donors (Lipinski definition) is 1. The zero-order chi connectivity index (χ0) is 12.3. The van der Waals surface area contributed by atoms with Gasteiger partial charge in [0.25, 0.3) is 10.1 Å². The monoisotopic (exact) mass is 242 g/mol. The van der Waals surface area contributed by atoms with E-state index in [4.69, 9.17) is 4.55 Å². The molecule has 0 saturated carbocycles. The summed E-state index contributed by atoms with van der Waals surface area (Å²) in [6, 6.07) is 4.74. The van der Waals surface area contributed by atoms with Gasteiger partial charge in [-0.1, -0.05) is 26.3 Å². The highest BCUT2D eigenvalue weighted by molar-refractivity contribution is 7.85. The van der Waals surface area contributed by atoms with Crippen LogP contribution in [0.25, 0.3) is 0 Å². The third kappa shape index (κ3) is 3.32. The normalized spacial score (nSPS) is 13.8. The Labute approximate surface area is 97.2 Å². The van der Waals surface area contributed by atoms with Crippen molar-refractivity contribution in [2.24, 2.45) is 5.92 Å². The van der Waals surface area contributed by atoms with Crippen LogP contribution in [0.2, 0.25) is 0 Å². The summed E-state index contributed by atoms with van der Waals surface area (Å²) >= 11 is 0. The molecule has 0 radical (unpaired) electrons. The van der Waals surface area contributed by atoms with Crippen molar-refractivity contribution in [3.63, 3.8) is 0 Å². The molecule has 0 fully saturated rings. The van der Waals surface area contributed by atoms with Gasteiger partial charge in [-0.2, -0.15) is 8.42 Å². The van der Waals surface area contributed by atoms with E-state index in [1.54, 1.807) is 12.1 Å². The second kappa shape index (κ2) is 4.97. The fourth-order valence-electron chi connectivity index (χ4n) is 1.55. The minimum Gasteiger partial charge on any atom is -0.282 e. The Bertz CT molecular complexity index is 463. The molecule has 1 unspecified atom stereocenters. The lowest BCUT2D eigenvalue weighted by molar-refractivity contribution is 0.482. The Hall–Kier alpha value is -0.870. The van der Waals surface area contributed by atoms with Crippen LogP contribution in [0.15, 0.2) is 23.1 Å². The van der Waals surface area contributed by atoms with Gasteiger partial charge in [-0.25, -0.2) is 0 Å². The molecule has 1 aromatic rings. The van der Waals surface area contributed by atoms with Crippen molar-refractivity contribution >= 4 is 10.1 Å². The third-order valence-electron chi connectivity index (χ3n) is 2.88. The first-order valence-electron chi connectivity index (χ1n) is 5.41. The summed E-state index contributed by atoms with van der Waals surface area (Å²) in [7, 11) is -4.08. The second-order valence-electron chi connectivity index (χ2n) is 4.28. The van der Waals surface area contributed by atoms with Crippen molar-refractivity contribution in [1.82, 2.24) is 0 Å². The molecule has 0 aromatic heterocycles. The summed E-state index contributed by atoms with van der Waals surface area (Å²) in [6.45, 7) is 6.18. The highest BCUT2D eigenvalue weighted by Crippen LogP contribution is 2.19. The van der Waals surface area contributed by atoms with Crippen molar-refractivity contribution in [2.75, 3.05) is 0 Å². The maximum atomic E-state index is 11.0. The van der Waals surface area contributed by atoms with Crippen LogP contribution in [0.5, 0.6) is 0 Å². The molecule has 0 aliphatic rings. The predicted molar refractivity (Wildman–Crippen MR) is 64.2 cm³/mol. The summed E-state index contributed by atoms with van der Waals surface area (Å²) in [5.74, 6) is 0.510. The first-order valence-corrected chi connectivity index (χ1v) is 6.85. The van der Waals surface area contributed by atoms with Gasteiger partial charge in [-0.15, -0.1) is 0 Å². The van der Waals surface area contributed by atoms with Crippen LogP contribution in [-0.2, 0) is 16.5 Å². The molecule has 0 heterocycles. The van der Waals surface area contributed by atoms with Gasteiger partial charge in [0.15, 0.2) is 0 Å². The van der Waals surface area contributed by atoms with Crippen LogP contribution in [0.4, 0.5) is 0 Å². The van der Waals surface area contributed by atoms with Gasteiger partial charge in [0, 0.05) is 0 Å². The average Bonchev–Trinajstić information content (AvgIpc) is 2.19. The lowest BCUT2D eigenvalue weighted by Gasteiger charge is -2.12. The molecule has 0 bridgehead atoms. The Morgan fingerprint density at radius 3 is 2.50 bits per heavy atom. The molecule has 1 aromatic carbocycles. The predicted octanol–water partition coefficient (Wildman–Crippen LogP) is 2.83. The van der Waals surface area contributed by atoms with Gasteiger partial charge in [-0.3, -0.25) is 4.55 Å². The largest absolute Gasteiger partial charge is 0.294 e. The maximum Gasteiger partial charge on any atom is 0.294 e. The van der Waals surface area contributed by atoms with E-state index in [1.807, 2.05) is 6.92 Å². The summed E-state index contributed by atoms with van der Waals surface area (Å²) in [4.78, 5) is -0.0172. The molecule has 0 saturated heterocycles. The number of aryl methyl sites for hydroxylation is 1. The van der Waals surface area contributed by atoms with Gasteiger partial charge < -0.3 is 0 Å². The molecular formula is C12H18O3S. The van der Waals surface area contributed by atoms with E-state index in [9.17, 15) is 8.42 Å². The van der Waals surface area contributed by atoms with Crippen molar-refractivity contribution in [2.45, 2.75) is 38.5 Å². The Morgan fingerprint density at radius 1 is 1.38 bits per heavy atom. The van der Waals surface area contributed by atoms with Crippen molar-refractivity contribution in [3.8, 4) is 0 Å². The van der Waals surface area contributed by atoms with E-state index in [-0.39, 0.29) is 4.90 Å². The van der Waals surface area contributed by atoms with Crippen LogP contribution >= 0.6 is 0 Å². The van der Waals surface area contributed by atoms with Crippen LogP contribution in [0.1, 0.15) is 31.4 Å². The molecule has 0 spiro atoms. The maximum absolute atomic E-state index is 11.0. The molecule has 0 aliphatic carbocycles. The Kier molecular flexibility index (Phi) is 4.10. The molecule has 16 heavy (non-hydrogen) atoms. The molecule has 1 rings (SSSR count). The van der Waals surface area contributed by atoms with E-state index in [0.29, 0.717) is 5.92 Å². The lowest BCUT2D eigenvalue weighted by Crippen LogP contribution is -2.04. The van der Waals surface area contributed by atoms with Gasteiger partial charge in [0.1, 0.15) is 0 Å². The topological polar surface area (TPSA) is 54.4 Å². The minimum atomic E-state index is -4.08. The van der Waals surface area contributed by atoms with Crippen molar-refractivity contribution in [1.29, 1.82) is 0 Å². The molecular weight excluding hydrogens is 224 g/mol. The zero-order valence-electron chi connectivity index (χ0n) is 9.90. The molecule has 90 valence electrons. The average molecular weight is 242 g/mol. The van der Waals surface area contributed by atoms with Crippen LogP contribution < -0.4 is 0 Å². The summed E-state index contributed by atoms with van der Waals surface area (Å²) in [5.41, 5.74) is 2.05. The first-order chi connectivity index (χ1) is 7.34. The highest BCUT2D eigenvalue weighted by Gasteiger charge is 2.12. The first kappa shape index (κ1) is 13.2. The Balaban J connectivity index is 3.09. The Morgan fingerprint density at radius 2 is 2.00 bits per heavy atom. The third-order valence-corrected chi connectivity index (χ3v) is 3.73. The lowest BCUT2D eigenvalue weighted by atomic mass is 9.96. The van der Waals surface area contributed by atoms with E-state index in [2.05, 4.69) is 13.8 Å². The molecule has 1 N–H and O–H groups in total. The van der Waals surface area contributed by atoms with Gasteiger partial charge in [0.05, 0.1) is 4.90 Å². The van der Waals surface area contributed by atoms with Crippen molar-refractivity contribution in [3.05, 3.63) is 29.3 Å². The van der Waals surface area contributed by atoms with E-state index < -0.39 is 10.1 Å². The molecule has 0 aliphatic heterocycles. The second-order valence-corrected chi connectivity index (χ2v) is 5.70. The molecule has 0 amide bonds. The van der Waals surface area contributed by atoms with Crippen LogP contribution in [0.3, 0.4) is 0 Å². The van der Waals surface area contributed by atoms with Crippen molar-refractivity contribution < 1.29 is 13.0 Å². The fourth-order valence-corrected chi connectivity index (χ4v) is 2.08. The quantitative estimate of drug-likeness (QED) is 0.826. The van der Waals surface area contributed by atoms with Gasteiger partial charge in [0.2, 0.25) is 0 Å². The SMILES string of the molecule is CCC(C)Cc1cc(S(=O)(=O)O)ccc1C. The van der Waals surface area contributed by atoms with Gasteiger partial charge in [-0.05, 0) is 42.5 Å². The number of hydrogen-bond acceptors (Lipinski definition) is 2. The standard InChI is InChI=1S/C12H18O3S/c1-4-9(2)7-11-8-12(16(13,14)15)6-5-10(11)3/h5-6,8-9H,4,7H2,1-3H3,(H,13,14,15). The van der Waals surface area contributed by atoms with Crippen LogP contribution in [-0.4, -0.2) is 13.0 Å². The molecule has 3 nitrogen and oxygen atoms in total. The molecule has 1 atom stereocenters. The fraction of sp³-hybridized carbons (Fsp3) is 0.500. The summed E-state index contributed by atoms with van der Waals surface area (Å²) < 4.78 is 31.0. The zero-order valence-corrected chi connectivity index (χ0v) is 10.7. The number of rotatable bonds is 4. The van der Waals surface area contributed by atoms with E-state index in [1.165, 1.54) is 6.07 Å². The van der Waals surface area contributed by atoms with Crippen LogP contribution in [0, 0.1) is 12.8 Å². The summed E-state index contributed by atoms with van der Waals surface area (Å²) in [5, 5.41) is 0. The smallest absolute Gasteiger partial charge is 0.282 e. The van der Waals surface area contributed by atoms with E-state index >= 15 is 0 Å². The molecule has 4 heteroatoms. The van der Waals surface area contributed by atoms with E-state index in [0.717, 1.165) is 24.0 Å². The van der Waals surface area contributed by atoms with Gasteiger partial charge >= 0.3 is 0 Å². The highest BCUT2D eigenvalue weighted by atomic mass is 32.2. The summed E-state index contributed by atoms with van der Waals surface area (Å²) in [6.07, 6.45) is 1.89. The number of benzene rings is 1.